The van der Waals surface area contributed by atoms with E-state index >= 15 is 0 Å². The van der Waals surface area contributed by atoms with E-state index in [1.807, 2.05) is 0 Å². The number of hydrogen-bond acceptors (Lipinski definition) is 5. The minimum atomic E-state index is -0.460. The number of nitrogens with zero attached hydrogens (tertiary/aromatic N) is 4. The zero-order chi connectivity index (χ0) is 17.5. The number of nitro benzene ring substituents is 1. The summed E-state index contributed by atoms with van der Waals surface area (Å²) in [5.41, 5.74) is 1.25. The smallest absolute Gasteiger partial charge is 0.321 e. The average Bonchev–Trinajstić information content (AvgIpc) is 3.00. The van der Waals surface area contributed by atoms with Gasteiger partial charge in [-0.3, -0.25) is 14.8 Å². The Bertz CT molecular complexity index is 715. The lowest BCUT2D eigenvalue weighted by Crippen LogP contribution is -2.30. The van der Waals surface area contributed by atoms with Crippen LogP contribution < -0.4 is 5.32 Å². The number of carbonyl (C=O) groups excluding carboxylic acids is 1. The minimum Gasteiger partial charge on any atom is -0.383 e. The van der Waals surface area contributed by atoms with Crippen LogP contribution in [0.1, 0.15) is 5.56 Å². The van der Waals surface area contributed by atoms with E-state index in [0.29, 0.717) is 24.4 Å². The van der Waals surface area contributed by atoms with Crippen LogP contribution in [0.4, 0.5) is 16.2 Å². The van der Waals surface area contributed by atoms with E-state index in [-0.39, 0.29) is 18.3 Å². The molecule has 0 unspecified atom stereocenters. The Morgan fingerprint density at radius 3 is 3.00 bits per heavy atom. The van der Waals surface area contributed by atoms with E-state index in [2.05, 4.69) is 10.4 Å². The highest BCUT2D eigenvalue weighted by Crippen LogP contribution is 2.15. The highest BCUT2D eigenvalue weighted by molar-refractivity contribution is 5.88. The molecule has 0 aliphatic carbocycles. The van der Waals surface area contributed by atoms with Crippen LogP contribution in [-0.4, -0.2) is 46.4 Å². The van der Waals surface area contributed by atoms with Gasteiger partial charge < -0.3 is 15.0 Å². The number of non-ortho nitro benzene ring substituents is 1. The van der Waals surface area contributed by atoms with Crippen molar-refractivity contribution in [1.82, 2.24) is 14.7 Å². The minimum absolute atomic E-state index is 0.000674. The summed E-state index contributed by atoms with van der Waals surface area (Å²) in [5, 5.41) is 17.6. The maximum absolute atomic E-state index is 12.2. The molecule has 2 rings (SSSR count). The van der Waals surface area contributed by atoms with E-state index in [9.17, 15) is 14.9 Å². The monoisotopic (exact) mass is 333 g/mol. The molecule has 0 saturated heterocycles. The van der Waals surface area contributed by atoms with Crippen molar-refractivity contribution in [1.29, 1.82) is 0 Å². The summed E-state index contributed by atoms with van der Waals surface area (Å²) in [4.78, 5) is 23.9. The largest absolute Gasteiger partial charge is 0.383 e. The van der Waals surface area contributed by atoms with Crippen molar-refractivity contribution in [2.24, 2.45) is 0 Å². The van der Waals surface area contributed by atoms with Crippen molar-refractivity contribution < 1.29 is 14.5 Å². The molecule has 0 bridgehead atoms. The fraction of sp³-hybridized carbons (Fsp3) is 0.333. The van der Waals surface area contributed by atoms with Crippen LogP contribution in [0.25, 0.3) is 0 Å². The van der Waals surface area contributed by atoms with Crippen molar-refractivity contribution >= 4 is 17.4 Å². The quantitative estimate of drug-likeness (QED) is 0.617. The fourth-order valence-corrected chi connectivity index (χ4v) is 2.07. The predicted molar refractivity (Wildman–Crippen MR) is 87.7 cm³/mol. The van der Waals surface area contributed by atoms with Crippen LogP contribution in [0.15, 0.2) is 36.7 Å². The van der Waals surface area contributed by atoms with Gasteiger partial charge in [-0.15, -0.1) is 0 Å². The second-order valence-electron chi connectivity index (χ2n) is 5.20. The molecule has 9 heteroatoms. The van der Waals surface area contributed by atoms with Gasteiger partial charge in [0.2, 0.25) is 0 Å². The zero-order valence-electron chi connectivity index (χ0n) is 13.5. The number of urea groups is 1. The molecule has 1 aromatic carbocycles. The molecule has 2 aromatic rings. The van der Waals surface area contributed by atoms with E-state index in [4.69, 9.17) is 4.74 Å². The van der Waals surface area contributed by atoms with Gasteiger partial charge in [0.15, 0.2) is 0 Å². The normalized spacial score (nSPS) is 10.4. The highest BCUT2D eigenvalue weighted by Gasteiger charge is 2.12. The Morgan fingerprint density at radius 2 is 2.29 bits per heavy atom. The van der Waals surface area contributed by atoms with Crippen LogP contribution in [0.5, 0.6) is 0 Å². The number of carbonyl (C=O) groups is 1. The van der Waals surface area contributed by atoms with E-state index in [0.717, 1.165) is 0 Å². The summed E-state index contributed by atoms with van der Waals surface area (Å²) in [7, 11) is 3.22. The first-order valence-corrected chi connectivity index (χ1v) is 7.26. The first kappa shape index (κ1) is 17.4. The van der Waals surface area contributed by atoms with Gasteiger partial charge in [0.05, 0.1) is 30.0 Å². The van der Waals surface area contributed by atoms with Crippen LogP contribution in [0.3, 0.4) is 0 Å². The molecule has 1 heterocycles. The van der Waals surface area contributed by atoms with Gasteiger partial charge in [-0.05, 0) is 5.56 Å². The average molecular weight is 333 g/mol. The third-order valence-electron chi connectivity index (χ3n) is 3.30. The van der Waals surface area contributed by atoms with E-state index < -0.39 is 4.92 Å². The van der Waals surface area contributed by atoms with Crippen molar-refractivity contribution in [2.75, 3.05) is 26.1 Å². The number of rotatable bonds is 7. The Morgan fingerprint density at radius 1 is 1.50 bits per heavy atom. The lowest BCUT2D eigenvalue weighted by atomic mass is 10.2. The second kappa shape index (κ2) is 8.06. The lowest BCUT2D eigenvalue weighted by Gasteiger charge is -2.17. The van der Waals surface area contributed by atoms with Gasteiger partial charge in [-0.1, -0.05) is 12.1 Å². The molecule has 1 aromatic heterocycles. The standard InChI is InChI=1S/C15H19N5O4/c1-18(10-12-4-3-5-14(8-12)20(22)23)15(21)17-13-9-16-19(11-13)6-7-24-2/h3-5,8-9,11H,6-7,10H2,1-2H3,(H,17,21). The fourth-order valence-electron chi connectivity index (χ4n) is 2.07. The SMILES string of the molecule is COCCn1cc(NC(=O)N(C)Cc2cccc([N+](=O)[O-])c2)cn1. The van der Waals surface area contributed by atoms with Crippen LogP contribution in [0, 0.1) is 10.1 Å². The van der Waals surface area contributed by atoms with Gasteiger partial charge in [0.1, 0.15) is 0 Å². The number of nitro groups is 1. The van der Waals surface area contributed by atoms with Gasteiger partial charge in [0.25, 0.3) is 5.69 Å². The Hall–Kier alpha value is -2.94. The van der Waals surface area contributed by atoms with E-state index in [1.54, 1.807) is 43.4 Å². The summed E-state index contributed by atoms with van der Waals surface area (Å²) in [6, 6.07) is 5.87. The van der Waals surface area contributed by atoms with Gasteiger partial charge >= 0.3 is 6.03 Å². The third kappa shape index (κ3) is 4.78. The molecular weight excluding hydrogens is 314 g/mol. The maximum atomic E-state index is 12.2. The number of benzene rings is 1. The predicted octanol–water partition coefficient (Wildman–Crippen LogP) is 2.10. The van der Waals surface area contributed by atoms with Crippen LogP contribution in [-0.2, 0) is 17.8 Å². The molecule has 9 nitrogen and oxygen atoms in total. The molecule has 0 radical (unpaired) electrons. The van der Waals surface area contributed by atoms with Gasteiger partial charge in [-0.25, -0.2) is 4.79 Å². The molecule has 24 heavy (non-hydrogen) atoms. The Balaban J connectivity index is 1.93. The zero-order valence-corrected chi connectivity index (χ0v) is 13.5. The lowest BCUT2D eigenvalue weighted by molar-refractivity contribution is -0.384. The summed E-state index contributed by atoms with van der Waals surface area (Å²) >= 11 is 0. The number of aromatic nitrogens is 2. The molecule has 0 saturated carbocycles. The number of ether oxygens (including phenoxy) is 1. The number of methoxy groups -OCH3 is 1. The van der Waals surface area contributed by atoms with Crippen molar-refractivity contribution in [3.05, 3.63) is 52.3 Å². The van der Waals surface area contributed by atoms with Crippen LogP contribution >= 0.6 is 0 Å². The van der Waals surface area contributed by atoms with Crippen molar-refractivity contribution in [2.45, 2.75) is 13.1 Å². The van der Waals surface area contributed by atoms with Crippen molar-refractivity contribution in [3.63, 3.8) is 0 Å². The third-order valence-corrected chi connectivity index (χ3v) is 3.30. The molecule has 0 atom stereocenters. The number of amides is 2. The molecule has 0 fully saturated rings. The number of hydrogen-bond donors (Lipinski definition) is 1. The molecule has 0 aliphatic heterocycles. The Labute approximate surface area is 139 Å². The second-order valence-corrected chi connectivity index (χ2v) is 5.20. The highest BCUT2D eigenvalue weighted by atomic mass is 16.6. The summed E-state index contributed by atoms with van der Waals surface area (Å²) in [6.07, 6.45) is 3.26. The first-order valence-electron chi connectivity index (χ1n) is 7.26. The molecule has 2 amide bonds. The van der Waals surface area contributed by atoms with Crippen LogP contribution in [0.2, 0.25) is 0 Å². The first-order chi connectivity index (χ1) is 11.5. The topological polar surface area (TPSA) is 103 Å². The number of nitrogens with one attached hydrogen (secondary N) is 1. The van der Waals surface area contributed by atoms with E-state index in [1.165, 1.54) is 17.0 Å². The molecule has 0 aliphatic rings. The molecule has 1 N–H and O–H groups in total. The maximum Gasteiger partial charge on any atom is 0.321 e. The van der Waals surface area contributed by atoms with Gasteiger partial charge in [-0.2, -0.15) is 5.10 Å². The molecule has 0 spiro atoms. The molecular formula is C15H19N5O4. The summed E-state index contributed by atoms with van der Waals surface area (Å²) in [6.45, 7) is 1.38. The summed E-state index contributed by atoms with van der Waals surface area (Å²) in [5.74, 6) is 0. The Kier molecular flexibility index (Phi) is 5.85. The van der Waals surface area contributed by atoms with Gasteiger partial charge in [0, 0.05) is 39.0 Å². The molecule has 128 valence electrons. The van der Waals surface area contributed by atoms with Crippen molar-refractivity contribution in [3.8, 4) is 0 Å². The number of anilines is 1. The summed E-state index contributed by atoms with van der Waals surface area (Å²) < 4.78 is 6.63.